The predicted octanol–water partition coefficient (Wildman–Crippen LogP) is 0.989. The molecule has 2 aliphatic rings. The summed E-state index contributed by atoms with van der Waals surface area (Å²) in [4.78, 5) is 29.9. The van der Waals surface area contributed by atoms with Crippen LogP contribution in [0.1, 0.15) is 24.0 Å². The van der Waals surface area contributed by atoms with Gasteiger partial charge >= 0.3 is 12.1 Å². The number of imidazole rings is 1. The predicted molar refractivity (Wildman–Crippen MR) is 88.2 cm³/mol. The van der Waals surface area contributed by atoms with E-state index in [1.807, 2.05) is 18.1 Å². The molecule has 0 saturated carbocycles. The highest BCUT2D eigenvalue weighted by Gasteiger charge is 2.39. The Morgan fingerprint density at radius 1 is 1.37 bits per heavy atom. The minimum Gasteiger partial charge on any atom is -0.475 e. The zero-order chi connectivity index (χ0) is 20.2. The molecule has 27 heavy (non-hydrogen) atoms. The highest BCUT2D eigenvalue weighted by Crippen LogP contribution is 2.23. The Labute approximate surface area is 154 Å². The molecule has 1 aromatic heterocycles. The number of halogens is 3. The fourth-order valence-corrected chi connectivity index (χ4v) is 3.23. The molecule has 0 bridgehead atoms. The lowest BCUT2D eigenvalue weighted by Gasteiger charge is -2.46. The number of morpholine rings is 1. The van der Waals surface area contributed by atoms with Crippen molar-refractivity contribution in [3.63, 3.8) is 0 Å². The van der Waals surface area contributed by atoms with Crippen LogP contribution in [-0.4, -0.2) is 87.4 Å². The fraction of sp³-hybridized carbons (Fsp3) is 0.688. The van der Waals surface area contributed by atoms with E-state index in [0.29, 0.717) is 11.9 Å². The molecule has 0 aliphatic carbocycles. The Morgan fingerprint density at radius 3 is 2.56 bits per heavy atom. The molecule has 0 aromatic carbocycles. The van der Waals surface area contributed by atoms with Gasteiger partial charge < -0.3 is 19.3 Å². The van der Waals surface area contributed by atoms with Gasteiger partial charge in [-0.15, -0.1) is 0 Å². The number of aliphatic carboxylic acids is 1. The van der Waals surface area contributed by atoms with Gasteiger partial charge in [0.2, 0.25) is 0 Å². The number of carbonyl (C=O) groups is 2. The molecule has 3 heterocycles. The molecular weight excluding hydrogens is 369 g/mol. The van der Waals surface area contributed by atoms with Crippen molar-refractivity contribution >= 4 is 11.9 Å². The van der Waals surface area contributed by atoms with Crippen molar-refractivity contribution < 1.29 is 32.6 Å². The Bertz CT molecular complexity index is 658. The van der Waals surface area contributed by atoms with Crippen LogP contribution in [0.25, 0.3) is 0 Å². The quantitative estimate of drug-likeness (QED) is 0.808. The summed E-state index contributed by atoms with van der Waals surface area (Å²) in [6, 6.07) is 0.326. The van der Waals surface area contributed by atoms with Crippen LogP contribution in [0.15, 0.2) is 12.4 Å². The summed E-state index contributed by atoms with van der Waals surface area (Å²) < 4.78 is 39.4. The van der Waals surface area contributed by atoms with Crippen LogP contribution in [0.2, 0.25) is 0 Å². The minimum atomic E-state index is -5.08. The van der Waals surface area contributed by atoms with Crippen LogP contribution >= 0.6 is 0 Å². The molecule has 11 heteroatoms. The zero-order valence-electron chi connectivity index (χ0n) is 15.1. The molecular formula is C16H23F3N4O4. The van der Waals surface area contributed by atoms with Crippen molar-refractivity contribution in [3.8, 4) is 0 Å². The molecule has 1 amide bonds. The Morgan fingerprint density at radius 2 is 2.04 bits per heavy atom. The number of carboxylic acid groups (broad SMARTS) is 1. The molecule has 2 saturated heterocycles. The second kappa shape index (κ2) is 8.70. The number of hydrogen-bond donors (Lipinski definition) is 1. The average molecular weight is 392 g/mol. The third kappa shape index (κ3) is 5.19. The molecule has 2 atom stereocenters. The maximum atomic E-state index is 12.5. The number of carbonyl (C=O) groups excluding carboxylic acids is 1. The average Bonchev–Trinajstić information content (AvgIpc) is 3.05. The number of aryl methyl sites for hydroxylation is 1. The maximum absolute atomic E-state index is 12.5. The van der Waals surface area contributed by atoms with E-state index in [4.69, 9.17) is 14.6 Å². The van der Waals surface area contributed by atoms with E-state index in [9.17, 15) is 18.0 Å². The lowest BCUT2D eigenvalue weighted by atomic mass is 9.98. The number of amides is 1. The molecule has 0 radical (unpaired) electrons. The largest absolute Gasteiger partial charge is 0.490 e. The van der Waals surface area contributed by atoms with Gasteiger partial charge in [0.05, 0.1) is 18.8 Å². The number of aromatic nitrogens is 2. The van der Waals surface area contributed by atoms with E-state index in [-0.39, 0.29) is 12.0 Å². The van der Waals surface area contributed by atoms with Crippen LogP contribution in [0.3, 0.4) is 0 Å². The number of ether oxygens (including phenoxy) is 1. The molecule has 8 nitrogen and oxygen atoms in total. The smallest absolute Gasteiger partial charge is 0.475 e. The van der Waals surface area contributed by atoms with Gasteiger partial charge in [-0.1, -0.05) is 6.92 Å². The minimum absolute atomic E-state index is 0.0255. The number of carboxylic acids is 1. The normalized spacial score (nSPS) is 23.2. The summed E-state index contributed by atoms with van der Waals surface area (Å²) in [5, 5.41) is 7.12. The van der Waals surface area contributed by atoms with E-state index < -0.39 is 12.1 Å². The maximum Gasteiger partial charge on any atom is 0.490 e. The molecule has 2 aliphatic heterocycles. The van der Waals surface area contributed by atoms with Gasteiger partial charge in [-0.2, -0.15) is 13.2 Å². The first kappa shape index (κ1) is 21.2. The standard InChI is InChI=1S/C14H22N4O2.C2HF3O2/c1-3-17-8-9-20-12-4-6-18(10-11(12)17)14(19)13-15-5-7-16(13)2;3-2(4,5)1(6)7/h5,7,11-12H,3-4,6,8-10H2,1-2H3;(H,6,7)/t11-,12-;/m0./s1. The first-order valence-electron chi connectivity index (χ1n) is 8.57. The number of piperidine rings is 1. The third-order valence-corrected chi connectivity index (χ3v) is 4.65. The zero-order valence-corrected chi connectivity index (χ0v) is 15.1. The van der Waals surface area contributed by atoms with Crippen molar-refractivity contribution in [1.82, 2.24) is 19.4 Å². The van der Waals surface area contributed by atoms with E-state index in [2.05, 4.69) is 16.8 Å². The van der Waals surface area contributed by atoms with Crippen molar-refractivity contribution in [2.45, 2.75) is 31.7 Å². The van der Waals surface area contributed by atoms with Crippen molar-refractivity contribution in [2.24, 2.45) is 7.05 Å². The molecule has 2 fully saturated rings. The first-order valence-corrected chi connectivity index (χ1v) is 8.57. The number of likely N-dealkylation sites (N-methyl/N-ethyl adjacent to an activating group) is 1. The Balaban J connectivity index is 0.000000321. The number of alkyl halides is 3. The van der Waals surface area contributed by atoms with Gasteiger partial charge in [0.15, 0.2) is 5.82 Å². The molecule has 152 valence electrons. The highest BCUT2D eigenvalue weighted by atomic mass is 19.4. The Hall–Kier alpha value is -2.14. The molecule has 3 rings (SSSR count). The second-order valence-electron chi connectivity index (χ2n) is 6.31. The van der Waals surface area contributed by atoms with Crippen LogP contribution in [0.5, 0.6) is 0 Å². The molecule has 1 aromatic rings. The number of likely N-dealkylation sites (tertiary alicyclic amines) is 1. The summed E-state index contributed by atoms with van der Waals surface area (Å²) in [6.45, 7) is 6.44. The van der Waals surface area contributed by atoms with Crippen molar-refractivity contribution in [3.05, 3.63) is 18.2 Å². The van der Waals surface area contributed by atoms with Gasteiger partial charge in [0, 0.05) is 39.1 Å². The summed E-state index contributed by atoms with van der Waals surface area (Å²) in [6.07, 6.45) is -0.421. The summed E-state index contributed by atoms with van der Waals surface area (Å²) in [5.74, 6) is -2.21. The lowest BCUT2D eigenvalue weighted by Crippen LogP contribution is -2.60. The lowest BCUT2D eigenvalue weighted by molar-refractivity contribution is -0.192. The fourth-order valence-electron chi connectivity index (χ4n) is 3.23. The van der Waals surface area contributed by atoms with Gasteiger partial charge in [0.1, 0.15) is 0 Å². The molecule has 0 spiro atoms. The number of fused-ring (bicyclic) bond motifs is 1. The van der Waals surface area contributed by atoms with Crippen LogP contribution in [0, 0.1) is 0 Å². The van der Waals surface area contributed by atoms with Crippen molar-refractivity contribution in [2.75, 3.05) is 32.8 Å². The molecule has 0 unspecified atom stereocenters. The van der Waals surface area contributed by atoms with E-state index in [0.717, 1.165) is 39.2 Å². The number of rotatable bonds is 2. The van der Waals surface area contributed by atoms with Gasteiger partial charge in [0.25, 0.3) is 5.91 Å². The van der Waals surface area contributed by atoms with E-state index >= 15 is 0 Å². The van der Waals surface area contributed by atoms with Gasteiger partial charge in [-0.05, 0) is 13.0 Å². The third-order valence-electron chi connectivity index (χ3n) is 4.65. The summed E-state index contributed by atoms with van der Waals surface area (Å²) in [7, 11) is 1.86. The van der Waals surface area contributed by atoms with Gasteiger partial charge in [-0.3, -0.25) is 9.69 Å². The molecule has 1 N–H and O–H groups in total. The monoisotopic (exact) mass is 392 g/mol. The van der Waals surface area contributed by atoms with Gasteiger partial charge in [-0.25, -0.2) is 9.78 Å². The number of hydrogen-bond acceptors (Lipinski definition) is 5. The van der Waals surface area contributed by atoms with Crippen LogP contribution in [0.4, 0.5) is 13.2 Å². The summed E-state index contributed by atoms with van der Waals surface area (Å²) in [5.41, 5.74) is 0. The van der Waals surface area contributed by atoms with E-state index in [1.54, 1.807) is 10.8 Å². The number of nitrogens with zero attached hydrogens (tertiary/aromatic N) is 4. The van der Waals surface area contributed by atoms with Crippen molar-refractivity contribution in [1.29, 1.82) is 0 Å². The Kier molecular flexibility index (Phi) is 6.82. The topological polar surface area (TPSA) is 87.9 Å². The SMILES string of the molecule is CCN1CCO[C@H]2CCN(C(=O)c3nccn3C)C[C@@H]21.O=C(O)C(F)(F)F. The second-order valence-corrected chi connectivity index (χ2v) is 6.31. The van der Waals surface area contributed by atoms with E-state index in [1.165, 1.54) is 0 Å². The first-order chi connectivity index (χ1) is 12.6. The van der Waals surface area contributed by atoms with Crippen LogP contribution in [-0.2, 0) is 16.6 Å². The summed E-state index contributed by atoms with van der Waals surface area (Å²) >= 11 is 0. The highest BCUT2D eigenvalue weighted by molar-refractivity contribution is 5.90. The van der Waals surface area contributed by atoms with Crippen LogP contribution < -0.4 is 0 Å².